The highest BCUT2D eigenvalue weighted by Crippen LogP contribution is 2.50. The Morgan fingerprint density at radius 2 is 1.12 bits per heavy atom. The molecule has 0 fully saturated rings. The van der Waals surface area contributed by atoms with Crippen LogP contribution >= 0.6 is 0 Å². The summed E-state index contributed by atoms with van der Waals surface area (Å²) in [4.78, 5) is 0. The van der Waals surface area contributed by atoms with E-state index in [1.807, 2.05) is 24.3 Å². The predicted octanol–water partition coefficient (Wildman–Crippen LogP) is 7.42. The Hall–Kier alpha value is -1.90. The molecule has 0 aliphatic carbocycles. The van der Waals surface area contributed by atoms with Crippen LogP contribution in [0.4, 0.5) is 0 Å². The molecule has 2 aromatic rings. The van der Waals surface area contributed by atoms with Gasteiger partial charge in [-0.15, -0.1) is 0 Å². The summed E-state index contributed by atoms with van der Waals surface area (Å²) in [7, 11) is 0. The van der Waals surface area contributed by atoms with E-state index in [9.17, 15) is 0 Å². The number of benzene rings is 1. The molecule has 0 spiro atoms. The Balaban J connectivity index is 1.76. The first kappa shape index (κ1) is 17.9. The topological polar surface area (TPSA) is 31.6 Å². The van der Waals surface area contributed by atoms with Crippen molar-refractivity contribution in [3.8, 4) is 23.0 Å². The maximum atomic E-state index is 6.21. The molecule has 0 amide bonds. The van der Waals surface area contributed by atoms with Gasteiger partial charge in [-0.25, -0.2) is 0 Å². The monoisotopic (exact) mass is 342 g/mol. The molecule has 3 heteroatoms. The molecule has 136 valence electrons. The second-order valence-electron chi connectivity index (χ2n) is 6.88. The van der Waals surface area contributed by atoms with Crippen LogP contribution in [0.1, 0.15) is 76.7 Å². The van der Waals surface area contributed by atoms with E-state index in [1.54, 1.807) is 0 Å². The zero-order valence-corrected chi connectivity index (χ0v) is 15.6. The molecule has 3 nitrogen and oxygen atoms in total. The first-order valence-electron chi connectivity index (χ1n) is 9.92. The van der Waals surface area contributed by atoms with Crippen LogP contribution in [0.5, 0.6) is 23.0 Å². The average Bonchev–Trinajstić information content (AvgIpc) is 2.97. The lowest BCUT2D eigenvalue weighted by Crippen LogP contribution is -1.99. The van der Waals surface area contributed by atoms with Crippen molar-refractivity contribution in [2.24, 2.45) is 0 Å². The van der Waals surface area contributed by atoms with Crippen LogP contribution in [0, 0.1) is 0 Å². The molecule has 0 radical (unpaired) electrons. The summed E-state index contributed by atoms with van der Waals surface area (Å²) in [5.74, 6) is 5.07. The molecular formula is C22H30O3. The van der Waals surface area contributed by atoms with Gasteiger partial charge < -0.3 is 13.9 Å². The Labute approximate surface area is 151 Å². The van der Waals surface area contributed by atoms with Crippen molar-refractivity contribution in [3.05, 3.63) is 35.8 Å². The fraction of sp³-hybridized carbons (Fsp3) is 0.545. The van der Waals surface area contributed by atoms with E-state index in [4.69, 9.17) is 13.9 Å². The first-order chi connectivity index (χ1) is 12.3. The average molecular weight is 342 g/mol. The van der Waals surface area contributed by atoms with Gasteiger partial charge in [-0.05, 0) is 25.0 Å². The van der Waals surface area contributed by atoms with Crippen LogP contribution in [0.3, 0.4) is 0 Å². The van der Waals surface area contributed by atoms with Crippen molar-refractivity contribution in [1.82, 2.24) is 0 Å². The van der Waals surface area contributed by atoms with Gasteiger partial charge in [0.1, 0.15) is 0 Å². The third-order valence-electron chi connectivity index (χ3n) is 4.75. The molecule has 1 aliphatic rings. The highest BCUT2D eigenvalue weighted by Gasteiger charge is 2.29. The van der Waals surface area contributed by atoms with Gasteiger partial charge in [-0.3, -0.25) is 0 Å². The van der Waals surface area contributed by atoms with E-state index in [2.05, 4.69) is 13.8 Å². The fourth-order valence-electron chi connectivity index (χ4n) is 3.29. The number of rotatable bonds is 10. The second kappa shape index (κ2) is 8.98. The van der Waals surface area contributed by atoms with Crippen molar-refractivity contribution in [2.45, 2.75) is 78.1 Å². The molecule has 1 aliphatic heterocycles. The second-order valence-corrected chi connectivity index (χ2v) is 6.88. The van der Waals surface area contributed by atoms with Gasteiger partial charge in [0.05, 0.1) is 0 Å². The molecule has 0 atom stereocenters. The number of hydrogen-bond donors (Lipinski definition) is 0. The Morgan fingerprint density at radius 3 is 1.56 bits per heavy atom. The number of unbranched alkanes of at least 4 members (excludes halogenated alkanes) is 6. The third-order valence-corrected chi connectivity index (χ3v) is 4.75. The van der Waals surface area contributed by atoms with Crippen molar-refractivity contribution in [1.29, 1.82) is 0 Å². The number of fused-ring (bicyclic) bond motifs is 2. The first-order valence-corrected chi connectivity index (χ1v) is 9.92. The Bertz CT molecular complexity index is 616. The number of furan rings is 1. The maximum absolute atomic E-state index is 6.21. The molecule has 0 N–H and O–H groups in total. The van der Waals surface area contributed by atoms with Crippen molar-refractivity contribution in [3.63, 3.8) is 0 Å². The SMILES string of the molecule is CCCCCCc1oc(CCCCCC)c2c1Oc1ccccc1O2. The standard InChI is InChI=1S/C22H30O3/c1-3-5-7-9-15-19-21-22(20(23-19)16-10-8-6-4-2)25-18-14-12-11-13-17(18)24-21/h11-14H,3-10,15-16H2,1-2H3. The van der Waals surface area contributed by atoms with E-state index in [0.29, 0.717) is 0 Å². The Morgan fingerprint density at radius 1 is 0.640 bits per heavy atom. The fourth-order valence-corrected chi connectivity index (χ4v) is 3.29. The van der Waals surface area contributed by atoms with E-state index in [-0.39, 0.29) is 0 Å². The van der Waals surface area contributed by atoms with Crippen molar-refractivity contribution in [2.75, 3.05) is 0 Å². The highest BCUT2D eigenvalue weighted by molar-refractivity contribution is 5.57. The zero-order chi connectivity index (χ0) is 17.5. The van der Waals surface area contributed by atoms with E-state index in [0.717, 1.165) is 60.2 Å². The van der Waals surface area contributed by atoms with Crippen LogP contribution in [-0.4, -0.2) is 0 Å². The molecule has 3 rings (SSSR count). The van der Waals surface area contributed by atoms with Crippen molar-refractivity contribution >= 4 is 0 Å². The molecule has 0 saturated heterocycles. The quantitative estimate of drug-likeness (QED) is 0.359. The minimum atomic E-state index is 0.781. The molecule has 0 bridgehead atoms. The summed E-state index contributed by atoms with van der Waals surface area (Å²) in [6.07, 6.45) is 11.6. The van der Waals surface area contributed by atoms with Crippen LogP contribution < -0.4 is 9.47 Å². The van der Waals surface area contributed by atoms with Gasteiger partial charge in [-0.2, -0.15) is 0 Å². The largest absolute Gasteiger partial charge is 0.458 e. The summed E-state index contributed by atoms with van der Waals surface area (Å²) in [6.45, 7) is 4.47. The zero-order valence-electron chi connectivity index (χ0n) is 15.6. The molecular weight excluding hydrogens is 312 g/mol. The van der Waals surface area contributed by atoms with E-state index < -0.39 is 0 Å². The van der Waals surface area contributed by atoms with Gasteiger partial charge in [0.25, 0.3) is 0 Å². The Kier molecular flexibility index (Phi) is 6.43. The molecule has 1 aromatic carbocycles. The van der Waals surface area contributed by atoms with E-state index >= 15 is 0 Å². The number of para-hydroxylation sites is 2. The third kappa shape index (κ3) is 4.39. The van der Waals surface area contributed by atoms with Crippen LogP contribution in [-0.2, 0) is 12.8 Å². The van der Waals surface area contributed by atoms with Crippen LogP contribution in [0.25, 0.3) is 0 Å². The lowest BCUT2D eigenvalue weighted by Gasteiger charge is -2.18. The molecule has 0 saturated carbocycles. The maximum Gasteiger partial charge on any atom is 0.211 e. The van der Waals surface area contributed by atoms with Gasteiger partial charge in [0.15, 0.2) is 23.0 Å². The summed E-state index contributed by atoms with van der Waals surface area (Å²) in [5, 5.41) is 0. The molecule has 2 heterocycles. The predicted molar refractivity (Wildman–Crippen MR) is 101 cm³/mol. The molecule has 25 heavy (non-hydrogen) atoms. The number of aryl methyl sites for hydroxylation is 2. The van der Waals surface area contributed by atoms with Gasteiger partial charge in [0.2, 0.25) is 11.5 Å². The smallest absolute Gasteiger partial charge is 0.211 e. The summed E-state index contributed by atoms with van der Waals surface area (Å²) >= 11 is 0. The van der Waals surface area contributed by atoms with Crippen molar-refractivity contribution < 1.29 is 13.9 Å². The number of ether oxygens (including phenoxy) is 2. The number of hydrogen-bond acceptors (Lipinski definition) is 3. The molecule has 0 unspecified atom stereocenters. The summed E-state index contributed by atoms with van der Waals surface area (Å²) < 4.78 is 18.5. The van der Waals surface area contributed by atoms with Gasteiger partial charge >= 0.3 is 0 Å². The highest BCUT2D eigenvalue weighted by atomic mass is 16.6. The molecule has 1 aromatic heterocycles. The summed E-state index contributed by atoms with van der Waals surface area (Å²) in [5.41, 5.74) is 0. The minimum Gasteiger partial charge on any atom is -0.458 e. The summed E-state index contributed by atoms with van der Waals surface area (Å²) in [6, 6.07) is 7.85. The van der Waals surface area contributed by atoms with Gasteiger partial charge in [0, 0.05) is 12.8 Å². The lowest BCUT2D eigenvalue weighted by molar-refractivity contribution is 0.357. The van der Waals surface area contributed by atoms with Gasteiger partial charge in [-0.1, -0.05) is 64.5 Å². The normalized spacial score (nSPS) is 12.2. The minimum absolute atomic E-state index is 0.781. The van der Waals surface area contributed by atoms with Crippen LogP contribution in [0.2, 0.25) is 0 Å². The lowest BCUT2D eigenvalue weighted by atomic mass is 10.1. The van der Waals surface area contributed by atoms with E-state index in [1.165, 1.54) is 38.5 Å². The van der Waals surface area contributed by atoms with Crippen LogP contribution in [0.15, 0.2) is 28.7 Å².